The molecule has 2 aromatic heterocycles. The summed E-state index contributed by atoms with van der Waals surface area (Å²) in [6, 6.07) is 12.4. The number of aromatic nitrogens is 3. The monoisotopic (exact) mass is 483 g/mol. The highest BCUT2D eigenvalue weighted by Crippen LogP contribution is 2.35. The predicted molar refractivity (Wildman–Crippen MR) is 124 cm³/mol. The van der Waals surface area contributed by atoms with Gasteiger partial charge < -0.3 is 19.8 Å². The highest BCUT2D eigenvalue weighted by Gasteiger charge is 2.28. The van der Waals surface area contributed by atoms with Gasteiger partial charge in [0, 0.05) is 24.7 Å². The van der Waals surface area contributed by atoms with Crippen LogP contribution in [0, 0.1) is 5.82 Å². The van der Waals surface area contributed by atoms with Crippen molar-refractivity contribution in [1.29, 1.82) is 0 Å². The predicted octanol–water partition coefficient (Wildman–Crippen LogP) is 3.74. The molecule has 1 atom stereocenters. The van der Waals surface area contributed by atoms with Crippen LogP contribution in [0.5, 0.6) is 5.75 Å². The van der Waals surface area contributed by atoms with Crippen LogP contribution in [-0.2, 0) is 7.05 Å². The van der Waals surface area contributed by atoms with Crippen LogP contribution in [0.25, 0.3) is 0 Å². The molecule has 2 heterocycles. The van der Waals surface area contributed by atoms with Gasteiger partial charge >= 0.3 is 0 Å². The Bertz CT molecular complexity index is 1390. The van der Waals surface area contributed by atoms with Gasteiger partial charge in [0.1, 0.15) is 17.8 Å². The Morgan fingerprint density at radius 1 is 1.26 bits per heavy atom. The number of hydrogen-bond donors (Lipinski definition) is 2. The number of carbonyl (C=O) groups is 1. The van der Waals surface area contributed by atoms with Crippen molar-refractivity contribution in [3.8, 4) is 5.75 Å². The molecule has 0 spiro atoms. The first-order valence-corrected chi connectivity index (χ1v) is 10.4. The zero-order valence-corrected chi connectivity index (χ0v) is 18.8. The maximum atomic E-state index is 14.2. The summed E-state index contributed by atoms with van der Waals surface area (Å²) in [5.41, 5.74) is 0.0340. The van der Waals surface area contributed by atoms with Gasteiger partial charge in [0.25, 0.3) is 11.5 Å². The largest absolute Gasteiger partial charge is 0.501 e. The van der Waals surface area contributed by atoms with E-state index in [1.54, 1.807) is 11.9 Å². The van der Waals surface area contributed by atoms with E-state index in [-0.39, 0.29) is 11.6 Å². The second-order valence-corrected chi connectivity index (χ2v) is 7.84. The molecule has 2 N–H and O–H groups in total. The minimum Gasteiger partial charge on any atom is -0.501 e. The summed E-state index contributed by atoms with van der Waals surface area (Å²) >= 11 is 6.43. The van der Waals surface area contributed by atoms with Crippen molar-refractivity contribution in [1.82, 2.24) is 14.7 Å². The third kappa shape index (κ3) is 4.35. The lowest BCUT2D eigenvalue weighted by Crippen LogP contribution is -2.34. The number of amides is 1. The highest BCUT2D eigenvalue weighted by molar-refractivity contribution is 6.31. The summed E-state index contributed by atoms with van der Waals surface area (Å²) in [6.45, 7) is 0. The molecule has 11 heteroatoms. The van der Waals surface area contributed by atoms with Crippen LogP contribution < -0.4 is 15.8 Å². The smallest absolute Gasteiger partial charge is 0.297 e. The number of nitrogens with one attached hydrogen (secondary N) is 1. The lowest BCUT2D eigenvalue weighted by Gasteiger charge is -2.31. The molecule has 0 bridgehead atoms. The van der Waals surface area contributed by atoms with Crippen LogP contribution in [0.4, 0.5) is 16.0 Å². The van der Waals surface area contributed by atoms with Crippen LogP contribution in [-0.4, -0.2) is 32.8 Å². The molecule has 0 saturated carbocycles. The molecule has 4 rings (SSSR count). The quantitative estimate of drug-likeness (QED) is 0.429. The van der Waals surface area contributed by atoms with Crippen LogP contribution in [0.15, 0.2) is 70.3 Å². The molecule has 34 heavy (non-hydrogen) atoms. The average Bonchev–Trinajstić information content (AvgIpc) is 3.33. The van der Waals surface area contributed by atoms with E-state index >= 15 is 0 Å². The van der Waals surface area contributed by atoms with Gasteiger partial charge in [0.15, 0.2) is 5.69 Å². The minimum atomic E-state index is -0.843. The fourth-order valence-corrected chi connectivity index (χ4v) is 3.82. The zero-order valence-electron chi connectivity index (χ0n) is 18.1. The van der Waals surface area contributed by atoms with Crippen molar-refractivity contribution in [2.45, 2.75) is 6.04 Å². The van der Waals surface area contributed by atoms with Crippen molar-refractivity contribution in [2.24, 2.45) is 7.05 Å². The Balaban J connectivity index is 1.85. The molecule has 0 radical (unpaired) electrons. The molecule has 0 aliphatic rings. The first-order chi connectivity index (χ1) is 16.3. The molecule has 4 aromatic rings. The van der Waals surface area contributed by atoms with Gasteiger partial charge in [-0.05, 0) is 23.8 Å². The number of anilines is 2. The van der Waals surface area contributed by atoms with Crippen molar-refractivity contribution < 1.29 is 18.8 Å². The summed E-state index contributed by atoms with van der Waals surface area (Å²) in [5, 5.41) is 16.6. The maximum absolute atomic E-state index is 14.2. The normalized spacial score (nSPS) is 11.8. The highest BCUT2D eigenvalue weighted by atomic mass is 35.5. The van der Waals surface area contributed by atoms with E-state index in [4.69, 9.17) is 11.6 Å². The number of halogens is 2. The van der Waals surface area contributed by atoms with Gasteiger partial charge in [0.2, 0.25) is 11.7 Å². The topological polar surface area (TPSA) is 113 Å². The summed E-state index contributed by atoms with van der Waals surface area (Å²) < 4.78 is 20.0. The fraction of sp³-hybridized carbons (Fsp3) is 0.130. The molecule has 1 amide bonds. The van der Waals surface area contributed by atoms with Crippen molar-refractivity contribution in [3.63, 3.8) is 0 Å². The third-order valence-corrected chi connectivity index (χ3v) is 5.56. The first-order valence-electron chi connectivity index (χ1n) is 10.0. The fourth-order valence-electron chi connectivity index (χ4n) is 3.60. The zero-order chi connectivity index (χ0) is 24.4. The maximum Gasteiger partial charge on any atom is 0.297 e. The van der Waals surface area contributed by atoms with Gasteiger partial charge in [0.05, 0.1) is 12.2 Å². The average molecular weight is 484 g/mol. The van der Waals surface area contributed by atoms with Crippen LogP contribution in [0.3, 0.4) is 0 Å². The van der Waals surface area contributed by atoms with Gasteiger partial charge in [-0.25, -0.2) is 9.37 Å². The standard InChI is InChI=1S/C23H19ClFN5O4/c1-29(19(13-6-4-3-5-7-13)16-10-14(25)8-9-17(16)24)23-28-18(20(31)22(33)30(23)2)21(32)27-15-11-26-34-12-15/h3-12,19,31H,1-2H3,(H,27,32). The SMILES string of the molecule is CN(c1nc(C(=O)Nc2cnoc2)c(O)c(=O)n1C)C(c1ccccc1)c1cc(F)ccc1Cl. The number of benzene rings is 2. The summed E-state index contributed by atoms with van der Waals surface area (Å²) in [6.07, 6.45) is 2.43. The Labute approximate surface area is 198 Å². The Morgan fingerprint density at radius 2 is 2.00 bits per heavy atom. The Hall–Kier alpha value is -4.18. The number of aromatic hydroxyl groups is 1. The second-order valence-electron chi connectivity index (χ2n) is 7.43. The molecule has 0 fully saturated rings. The van der Waals surface area contributed by atoms with Crippen molar-refractivity contribution in [2.75, 3.05) is 17.3 Å². The Kier molecular flexibility index (Phi) is 6.33. The van der Waals surface area contributed by atoms with Crippen LogP contribution >= 0.6 is 11.6 Å². The van der Waals surface area contributed by atoms with Crippen LogP contribution in [0.1, 0.15) is 27.7 Å². The summed E-state index contributed by atoms with van der Waals surface area (Å²) in [4.78, 5) is 31.4. The van der Waals surface area contributed by atoms with E-state index in [2.05, 4.69) is 20.0 Å². The molecule has 9 nitrogen and oxygen atoms in total. The molecule has 0 aliphatic carbocycles. The van der Waals surface area contributed by atoms with Gasteiger partial charge in [-0.15, -0.1) is 0 Å². The molecule has 0 saturated heterocycles. The van der Waals surface area contributed by atoms with Gasteiger partial charge in [-0.3, -0.25) is 14.2 Å². The minimum absolute atomic E-state index is 0.0347. The molecule has 2 aromatic carbocycles. The van der Waals surface area contributed by atoms with E-state index in [1.165, 1.54) is 37.7 Å². The lowest BCUT2D eigenvalue weighted by atomic mass is 9.97. The molecule has 0 aliphatic heterocycles. The first kappa shape index (κ1) is 23.0. The molecular formula is C23H19ClFN5O4. The molecule has 1 unspecified atom stereocenters. The van der Waals surface area contributed by atoms with Crippen LogP contribution in [0.2, 0.25) is 5.02 Å². The number of carbonyl (C=O) groups excluding carboxylic acids is 1. The number of hydrogen-bond acceptors (Lipinski definition) is 7. The van der Waals surface area contributed by atoms with E-state index in [1.807, 2.05) is 30.3 Å². The molecule has 174 valence electrons. The molecular weight excluding hydrogens is 465 g/mol. The van der Waals surface area contributed by atoms with Crippen molar-refractivity contribution in [3.05, 3.63) is 99.0 Å². The van der Waals surface area contributed by atoms with E-state index < -0.39 is 34.8 Å². The van der Waals surface area contributed by atoms with E-state index in [0.29, 0.717) is 10.6 Å². The summed E-state index contributed by atoms with van der Waals surface area (Å²) in [5.74, 6) is -2.12. The van der Waals surface area contributed by atoms with Gasteiger partial charge in [-0.1, -0.05) is 47.1 Å². The van der Waals surface area contributed by atoms with Crippen molar-refractivity contribution >= 4 is 29.1 Å². The van der Waals surface area contributed by atoms with E-state index in [0.717, 1.165) is 10.1 Å². The second kappa shape index (κ2) is 9.36. The van der Waals surface area contributed by atoms with E-state index in [9.17, 15) is 19.1 Å². The summed E-state index contributed by atoms with van der Waals surface area (Å²) in [7, 11) is 3.03. The Morgan fingerprint density at radius 3 is 2.68 bits per heavy atom. The third-order valence-electron chi connectivity index (χ3n) is 5.22. The number of nitrogens with zero attached hydrogens (tertiary/aromatic N) is 4. The van der Waals surface area contributed by atoms with Gasteiger partial charge in [-0.2, -0.15) is 0 Å². The lowest BCUT2D eigenvalue weighted by molar-refractivity contribution is 0.101. The number of rotatable bonds is 6.